The Morgan fingerprint density at radius 1 is 1.35 bits per heavy atom. The first-order chi connectivity index (χ1) is 8.15. The number of H-pyrrole nitrogens is 1. The van der Waals surface area contributed by atoms with Gasteiger partial charge in [-0.1, -0.05) is 0 Å². The Kier molecular flexibility index (Phi) is 2.95. The smallest absolute Gasteiger partial charge is 0.309 e. The Morgan fingerprint density at radius 2 is 2.06 bits per heavy atom. The molecule has 0 saturated carbocycles. The van der Waals surface area contributed by atoms with Crippen LogP contribution in [0.4, 0.5) is 0 Å². The van der Waals surface area contributed by atoms with Gasteiger partial charge < -0.3 is 10.1 Å². The maximum Gasteiger partial charge on any atom is 0.309 e. The first kappa shape index (κ1) is 11.0. The van der Waals surface area contributed by atoms with Crippen molar-refractivity contribution in [2.45, 2.75) is 6.42 Å². The zero-order chi connectivity index (χ0) is 12.3. The molecule has 2 rings (SSSR count). The van der Waals surface area contributed by atoms with E-state index in [1.54, 1.807) is 24.5 Å². The lowest BCUT2D eigenvalue weighted by Crippen LogP contribution is -2.13. The molecule has 0 spiro atoms. The molecule has 2 aromatic rings. The first-order valence-corrected chi connectivity index (χ1v) is 4.87. The van der Waals surface area contributed by atoms with Crippen molar-refractivity contribution in [2.75, 3.05) is 0 Å². The molecule has 86 valence electrons. The minimum atomic E-state index is -1.02. The van der Waals surface area contributed by atoms with Gasteiger partial charge in [0.15, 0.2) is 0 Å². The molecule has 0 aliphatic heterocycles. The summed E-state index contributed by atoms with van der Waals surface area (Å²) in [6.45, 7) is 0. The standard InChI is InChI=1S/C11H9N3O3/c15-9-5-8(6-10(16)17)13-11(14-9)7-1-3-12-4-2-7/h1-5H,6H2,(H,16,17)(H,13,14,15). The van der Waals surface area contributed by atoms with Crippen LogP contribution >= 0.6 is 0 Å². The van der Waals surface area contributed by atoms with Crippen LogP contribution in [0, 0.1) is 0 Å². The van der Waals surface area contributed by atoms with Gasteiger partial charge in [0.25, 0.3) is 5.56 Å². The van der Waals surface area contributed by atoms with Crippen molar-refractivity contribution in [1.82, 2.24) is 15.0 Å². The molecule has 0 bridgehead atoms. The number of nitrogens with one attached hydrogen (secondary N) is 1. The van der Waals surface area contributed by atoms with Crippen LogP contribution in [-0.4, -0.2) is 26.0 Å². The summed E-state index contributed by atoms with van der Waals surface area (Å²) in [6.07, 6.45) is 2.86. The highest BCUT2D eigenvalue weighted by molar-refractivity contribution is 5.69. The van der Waals surface area contributed by atoms with Crippen LogP contribution in [0.1, 0.15) is 5.69 Å². The fourth-order valence-corrected chi connectivity index (χ4v) is 1.40. The average molecular weight is 231 g/mol. The minimum Gasteiger partial charge on any atom is -0.481 e. The highest BCUT2D eigenvalue weighted by Gasteiger charge is 2.06. The SMILES string of the molecule is O=C(O)Cc1cc(=O)[nH]c(-c2ccncc2)n1. The van der Waals surface area contributed by atoms with Gasteiger partial charge in [-0.25, -0.2) is 4.98 Å². The van der Waals surface area contributed by atoms with E-state index < -0.39 is 5.97 Å². The van der Waals surface area contributed by atoms with Gasteiger partial charge in [-0.05, 0) is 12.1 Å². The number of aromatic nitrogens is 3. The predicted octanol–water partition coefficient (Wildman–Crippen LogP) is 0.459. The van der Waals surface area contributed by atoms with Crippen LogP contribution in [-0.2, 0) is 11.2 Å². The van der Waals surface area contributed by atoms with E-state index in [0.717, 1.165) is 0 Å². The number of carbonyl (C=O) groups is 1. The molecule has 2 aromatic heterocycles. The van der Waals surface area contributed by atoms with Crippen molar-refractivity contribution in [3.8, 4) is 11.4 Å². The lowest BCUT2D eigenvalue weighted by Gasteiger charge is -2.02. The van der Waals surface area contributed by atoms with Gasteiger partial charge >= 0.3 is 5.97 Å². The predicted molar refractivity (Wildman–Crippen MR) is 59.4 cm³/mol. The van der Waals surface area contributed by atoms with Crippen LogP contribution in [0.2, 0.25) is 0 Å². The highest BCUT2D eigenvalue weighted by Crippen LogP contribution is 2.11. The van der Waals surface area contributed by atoms with E-state index >= 15 is 0 Å². The van der Waals surface area contributed by atoms with E-state index in [0.29, 0.717) is 11.4 Å². The quantitative estimate of drug-likeness (QED) is 0.799. The summed E-state index contributed by atoms with van der Waals surface area (Å²) in [4.78, 5) is 32.4. The van der Waals surface area contributed by atoms with E-state index in [2.05, 4.69) is 15.0 Å². The third-order valence-electron chi connectivity index (χ3n) is 2.08. The van der Waals surface area contributed by atoms with Crippen molar-refractivity contribution in [3.05, 3.63) is 46.6 Å². The molecule has 0 atom stereocenters. The van der Waals surface area contributed by atoms with Gasteiger partial charge in [0.1, 0.15) is 5.82 Å². The highest BCUT2D eigenvalue weighted by atomic mass is 16.4. The van der Waals surface area contributed by atoms with Crippen molar-refractivity contribution in [1.29, 1.82) is 0 Å². The van der Waals surface area contributed by atoms with Gasteiger partial charge in [0.2, 0.25) is 0 Å². The number of aliphatic carboxylic acids is 1. The molecule has 0 radical (unpaired) electrons. The summed E-state index contributed by atoms with van der Waals surface area (Å²) >= 11 is 0. The fourth-order valence-electron chi connectivity index (χ4n) is 1.40. The molecular formula is C11H9N3O3. The monoisotopic (exact) mass is 231 g/mol. The third kappa shape index (κ3) is 2.75. The van der Waals surface area contributed by atoms with E-state index in [-0.39, 0.29) is 17.7 Å². The minimum absolute atomic E-state index is 0.230. The lowest BCUT2D eigenvalue weighted by atomic mass is 10.2. The summed E-state index contributed by atoms with van der Waals surface area (Å²) in [5, 5.41) is 8.66. The molecule has 0 fully saturated rings. The van der Waals surface area contributed by atoms with Crippen molar-refractivity contribution in [3.63, 3.8) is 0 Å². The van der Waals surface area contributed by atoms with Gasteiger partial charge in [-0.15, -0.1) is 0 Å². The van der Waals surface area contributed by atoms with Crippen LogP contribution in [0.25, 0.3) is 11.4 Å². The van der Waals surface area contributed by atoms with Gasteiger partial charge in [-0.2, -0.15) is 0 Å². The fraction of sp³-hybridized carbons (Fsp3) is 0.0909. The second kappa shape index (κ2) is 4.56. The Balaban J connectivity index is 2.45. The molecule has 0 aliphatic rings. The number of pyridine rings is 1. The maximum atomic E-state index is 11.4. The van der Waals surface area contributed by atoms with Crippen molar-refractivity contribution < 1.29 is 9.90 Å². The summed E-state index contributed by atoms with van der Waals surface area (Å²) in [5.74, 6) is -0.681. The van der Waals surface area contributed by atoms with Gasteiger partial charge in [-0.3, -0.25) is 14.6 Å². The number of hydrogen-bond donors (Lipinski definition) is 2. The van der Waals surface area contributed by atoms with Crippen LogP contribution in [0.3, 0.4) is 0 Å². The number of nitrogens with zero attached hydrogens (tertiary/aromatic N) is 2. The van der Waals surface area contributed by atoms with Crippen molar-refractivity contribution >= 4 is 5.97 Å². The van der Waals surface area contributed by atoms with Gasteiger partial charge in [0.05, 0.1) is 12.1 Å². The third-order valence-corrected chi connectivity index (χ3v) is 2.08. The molecule has 2 heterocycles. The van der Waals surface area contributed by atoms with Crippen LogP contribution in [0.15, 0.2) is 35.4 Å². The molecule has 0 amide bonds. The molecule has 0 saturated heterocycles. The number of hydrogen-bond acceptors (Lipinski definition) is 4. The molecule has 2 N–H and O–H groups in total. The Morgan fingerprint density at radius 3 is 2.71 bits per heavy atom. The van der Waals surface area contributed by atoms with E-state index in [1.807, 2.05) is 0 Å². The number of aromatic amines is 1. The summed E-state index contributed by atoms with van der Waals surface area (Å²) < 4.78 is 0. The van der Waals surface area contributed by atoms with E-state index in [4.69, 9.17) is 5.11 Å². The molecule has 17 heavy (non-hydrogen) atoms. The average Bonchev–Trinajstić information content (AvgIpc) is 2.28. The summed E-state index contributed by atoms with van der Waals surface area (Å²) in [6, 6.07) is 4.55. The van der Waals surface area contributed by atoms with E-state index in [1.165, 1.54) is 6.07 Å². The summed E-state index contributed by atoms with van der Waals surface area (Å²) in [7, 11) is 0. The Labute approximate surface area is 96.0 Å². The first-order valence-electron chi connectivity index (χ1n) is 4.87. The molecule has 6 nitrogen and oxygen atoms in total. The van der Waals surface area contributed by atoms with E-state index in [9.17, 15) is 9.59 Å². The number of rotatable bonds is 3. The second-order valence-corrected chi connectivity index (χ2v) is 3.39. The number of carboxylic acids is 1. The zero-order valence-corrected chi connectivity index (χ0v) is 8.75. The Hall–Kier alpha value is -2.50. The lowest BCUT2D eigenvalue weighted by molar-refractivity contribution is -0.136. The van der Waals surface area contributed by atoms with Crippen molar-refractivity contribution in [2.24, 2.45) is 0 Å². The largest absolute Gasteiger partial charge is 0.481 e. The second-order valence-electron chi connectivity index (χ2n) is 3.39. The Bertz CT molecular complexity index is 592. The van der Waals surface area contributed by atoms with Gasteiger partial charge in [0, 0.05) is 24.0 Å². The van der Waals surface area contributed by atoms with Crippen LogP contribution in [0.5, 0.6) is 0 Å². The number of carboxylic acid groups (broad SMARTS) is 1. The molecule has 0 unspecified atom stereocenters. The molecule has 0 aromatic carbocycles. The maximum absolute atomic E-state index is 11.4. The molecular weight excluding hydrogens is 222 g/mol. The molecule has 0 aliphatic carbocycles. The normalized spacial score (nSPS) is 10.1. The summed E-state index contributed by atoms with van der Waals surface area (Å²) in [5.41, 5.74) is 0.542. The molecule has 6 heteroatoms. The van der Waals surface area contributed by atoms with Crippen LogP contribution < -0.4 is 5.56 Å². The zero-order valence-electron chi connectivity index (χ0n) is 8.75. The topological polar surface area (TPSA) is 95.9 Å².